The number of hydrogen-bond acceptors (Lipinski definition) is 2. The van der Waals surface area contributed by atoms with Gasteiger partial charge in [0.15, 0.2) is 0 Å². The summed E-state index contributed by atoms with van der Waals surface area (Å²) >= 11 is 0. The number of rotatable bonds is 7. The molecular weight excluding hydrogens is 262 g/mol. The monoisotopic (exact) mass is 283 g/mol. The average molecular weight is 283 g/mol. The lowest BCUT2D eigenvalue weighted by atomic mass is 10.1. The third-order valence-corrected chi connectivity index (χ3v) is 3.18. The molecule has 2 rings (SSSR count). The molecule has 0 spiro atoms. The topological polar surface area (TPSA) is 38.3 Å². The van der Waals surface area contributed by atoms with Crippen LogP contribution in [0.3, 0.4) is 0 Å². The summed E-state index contributed by atoms with van der Waals surface area (Å²) < 4.78 is 5.45. The maximum atomic E-state index is 11.9. The highest BCUT2D eigenvalue weighted by molar-refractivity contribution is 5.76. The summed E-state index contributed by atoms with van der Waals surface area (Å²) in [5, 5.41) is 2.94. The van der Waals surface area contributed by atoms with E-state index in [2.05, 4.69) is 5.32 Å². The zero-order chi connectivity index (χ0) is 14.9. The minimum absolute atomic E-state index is 0.0701. The van der Waals surface area contributed by atoms with Gasteiger partial charge in [0.05, 0.1) is 6.61 Å². The van der Waals surface area contributed by atoms with Crippen LogP contribution >= 0.6 is 0 Å². The first-order valence-electron chi connectivity index (χ1n) is 7.30. The molecule has 0 aliphatic carbocycles. The van der Waals surface area contributed by atoms with Crippen molar-refractivity contribution in [3.63, 3.8) is 0 Å². The normalized spacial score (nSPS) is 10.1. The van der Waals surface area contributed by atoms with E-state index in [-0.39, 0.29) is 5.91 Å². The fourth-order valence-corrected chi connectivity index (χ4v) is 2.10. The molecule has 1 N–H and O–H groups in total. The van der Waals surface area contributed by atoms with Gasteiger partial charge in [-0.3, -0.25) is 4.79 Å². The molecule has 0 bridgehead atoms. The van der Waals surface area contributed by atoms with E-state index in [1.54, 1.807) is 0 Å². The van der Waals surface area contributed by atoms with Crippen molar-refractivity contribution in [2.75, 3.05) is 6.61 Å². The quantitative estimate of drug-likeness (QED) is 0.846. The van der Waals surface area contributed by atoms with Crippen LogP contribution in [0.5, 0.6) is 5.75 Å². The molecule has 3 nitrogen and oxygen atoms in total. The molecule has 2 aromatic carbocycles. The molecule has 0 saturated carbocycles. The second kappa shape index (κ2) is 8.10. The number of ether oxygens (including phenoxy) is 1. The van der Waals surface area contributed by atoms with Crippen LogP contribution in [-0.2, 0) is 17.8 Å². The minimum atomic E-state index is 0.0701. The number of carbonyl (C=O) groups is 1. The SMILES string of the molecule is CCOc1cccc(CNC(=O)CCc2ccccc2)c1. The van der Waals surface area contributed by atoms with E-state index in [4.69, 9.17) is 4.74 Å². The fourth-order valence-electron chi connectivity index (χ4n) is 2.10. The van der Waals surface area contributed by atoms with Crippen molar-refractivity contribution < 1.29 is 9.53 Å². The smallest absolute Gasteiger partial charge is 0.220 e. The first-order chi connectivity index (χ1) is 10.3. The van der Waals surface area contributed by atoms with Gasteiger partial charge < -0.3 is 10.1 Å². The molecule has 3 heteroatoms. The molecule has 0 unspecified atom stereocenters. The number of hydrogen-bond donors (Lipinski definition) is 1. The van der Waals surface area contributed by atoms with Crippen LogP contribution in [0.25, 0.3) is 0 Å². The fraction of sp³-hybridized carbons (Fsp3) is 0.278. The molecule has 0 radical (unpaired) electrons. The Balaban J connectivity index is 1.77. The van der Waals surface area contributed by atoms with Gasteiger partial charge in [0.2, 0.25) is 5.91 Å². The highest BCUT2D eigenvalue weighted by Gasteiger charge is 2.03. The largest absolute Gasteiger partial charge is 0.494 e. The van der Waals surface area contributed by atoms with Crippen LogP contribution in [0, 0.1) is 0 Å². The van der Waals surface area contributed by atoms with E-state index < -0.39 is 0 Å². The van der Waals surface area contributed by atoms with Crippen molar-refractivity contribution in [1.82, 2.24) is 5.32 Å². The number of amides is 1. The summed E-state index contributed by atoms with van der Waals surface area (Å²) in [7, 11) is 0. The van der Waals surface area contributed by atoms with Gasteiger partial charge in [-0.1, -0.05) is 42.5 Å². The Morgan fingerprint density at radius 3 is 2.57 bits per heavy atom. The van der Waals surface area contributed by atoms with E-state index in [1.807, 2.05) is 61.5 Å². The first kappa shape index (κ1) is 15.1. The van der Waals surface area contributed by atoms with E-state index >= 15 is 0 Å². The van der Waals surface area contributed by atoms with E-state index in [0.29, 0.717) is 19.6 Å². The second-order valence-corrected chi connectivity index (χ2v) is 4.84. The van der Waals surface area contributed by atoms with Crippen molar-refractivity contribution in [3.05, 3.63) is 65.7 Å². The Morgan fingerprint density at radius 1 is 1.05 bits per heavy atom. The number of benzene rings is 2. The molecule has 2 aromatic rings. The van der Waals surface area contributed by atoms with Crippen LogP contribution in [0.2, 0.25) is 0 Å². The van der Waals surface area contributed by atoms with Gasteiger partial charge in [-0.15, -0.1) is 0 Å². The number of carbonyl (C=O) groups excluding carboxylic acids is 1. The van der Waals surface area contributed by atoms with Gasteiger partial charge >= 0.3 is 0 Å². The Kier molecular flexibility index (Phi) is 5.83. The van der Waals surface area contributed by atoms with Gasteiger partial charge in [-0.25, -0.2) is 0 Å². The van der Waals surface area contributed by atoms with Crippen molar-refractivity contribution in [2.24, 2.45) is 0 Å². The van der Waals surface area contributed by atoms with Gasteiger partial charge in [-0.05, 0) is 36.6 Å². The molecule has 0 saturated heterocycles. The van der Waals surface area contributed by atoms with Gasteiger partial charge in [0, 0.05) is 13.0 Å². The zero-order valence-electron chi connectivity index (χ0n) is 12.3. The molecule has 21 heavy (non-hydrogen) atoms. The van der Waals surface area contributed by atoms with Crippen LogP contribution in [0.15, 0.2) is 54.6 Å². The highest BCUT2D eigenvalue weighted by Crippen LogP contribution is 2.13. The van der Waals surface area contributed by atoms with Crippen LogP contribution in [0.1, 0.15) is 24.5 Å². The first-order valence-corrected chi connectivity index (χ1v) is 7.30. The highest BCUT2D eigenvalue weighted by atomic mass is 16.5. The van der Waals surface area contributed by atoms with Gasteiger partial charge in [-0.2, -0.15) is 0 Å². The lowest BCUT2D eigenvalue weighted by molar-refractivity contribution is -0.121. The van der Waals surface area contributed by atoms with Gasteiger partial charge in [0.1, 0.15) is 5.75 Å². The average Bonchev–Trinajstić information content (AvgIpc) is 2.53. The molecular formula is C18H21NO2. The molecule has 1 amide bonds. The standard InChI is InChI=1S/C18H21NO2/c1-2-21-17-10-6-9-16(13-17)14-19-18(20)12-11-15-7-4-3-5-8-15/h3-10,13H,2,11-12,14H2,1H3,(H,19,20). The number of aryl methyl sites for hydroxylation is 1. The van der Waals surface area contributed by atoms with E-state index in [1.165, 1.54) is 5.56 Å². The summed E-state index contributed by atoms with van der Waals surface area (Å²) in [6, 6.07) is 17.9. The third-order valence-electron chi connectivity index (χ3n) is 3.18. The van der Waals surface area contributed by atoms with Crippen LogP contribution in [-0.4, -0.2) is 12.5 Å². The van der Waals surface area contributed by atoms with Gasteiger partial charge in [0.25, 0.3) is 0 Å². The van der Waals surface area contributed by atoms with Crippen LogP contribution in [0.4, 0.5) is 0 Å². The predicted octanol–water partition coefficient (Wildman–Crippen LogP) is 3.33. The summed E-state index contributed by atoms with van der Waals surface area (Å²) in [5.74, 6) is 0.911. The molecule has 0 aliphatic heterocycles. The predicted molar refractivity (Wildman–Crippen MR) is 84.2 cm³/mol. The lowest BCUT2D eigenvalue weighted by Crippen LogP contribution is -2.23. The Labute approximate surface area is 126 Å². The van der Waals surface area contributed by atoms with E-state index in [9.17, 15) is 4.79 Å². The van der Waals surface area contributed by atoms with E-state index in [0.717, 1.165) is 17.7 Å². The summed E-state index contributed by atoms with van der Waals surface area (Å²) in [5.41, 5.74) is 2.24. The molecule has 0 aromatic heterocycles. The number of nitrogens with one attached hydrogen (secondary N) is 1. The molecule has 0 heterocycles. The Hall–Kier alpha value is -2.29. The molecule has 110 valence electrons. The van der Waals surface area contributed by atoms with Crippen molar-refractivity contribution in [1.29, 1.82) is 0 Å². The van der Waals surface area contributed by atoms with Crippen molar-refractivity contribution in [2.45, 2.75) is 26.3 Å². The second-order valence-electron chi connectivity index (χ2n) is 4.84. The molecule has 0 aliphatic rings. The Bertz CT molecular complexity index is 566. The zero-order valence-corrected chi connectivity index (χ0v) is 12.3. The summed E-state index contributed by atoms with van der Waals surface area (Å²) in [6.07, 6.45) is 1.28. The van der Waals surface area contributed by atoms with Crippen molar-refractivity contribution in [3.8, 4) is 5.75 Å². The maximum Gasteiger partial charge on any atom is 0.220 e. The third kappa shape index (κ3) is 5.30. The molecule has 0 fully saturated rings. The van der Waals surface area contributed by atoms with Crippen LogP contribution < -0.4 is 10.1 Å². The van der Waals surface area contributed by atoms with Crippen molar-refractivity contribution >= 4 is 5.91 Å². The Morgan fingerprint density at radius 2 is 1.81 bits per heavy atom. The summed E-state index contributed by atoms with van der Waals surface area (Å²) in [6.45, 7) is 3.14. The minimum Gasteiger partial charge on any atom is -0.494 e. The lowest BCUT2D eigenvalue weighted by Gasteiger charge is -2.08. The maximum absolute atomic E-state index is 11.9. The molecule has 0 atom stereocenters. The summed E-state index contributed by atoms with van der Waals surface area (Å²) in [4.78, 5) is 11.9.